The van der Waals surface area contributed by atoms with Gasteiger partial charge in [0.25, 0.3) is 0 Å². The Hall–Kier alpha value is -3.33. The molecule has 4 rings (SSSR count). The maximum absolute atomic E-state index is 14.8. The second-order valence-corrected chi connectivity index (χ2v) is 9.23. The number of nitrogens with zero attached hydrogens (tertiary/aromatic N) is 3. The zero-order valence-corrected chi connectivity index (χ0v) is 19.6. The van der Waals surface area contributed by atoms with Gasteiger partial charge >= 0.3 is 0 Å². The average molecular weight is 468 g/mol. The monoisotopic (exact) mass is 467 g/mol. The standard InChI is InChI=1S/C25H30FN5O3/c1-14(2)31-13-28-24-20(26)8-17(9-21(24)31)19-10-22(27-11-15(19)3)30-25(34)16-5-4-6-18(7-16)29-23(33)12-32/h8-11,13-14,16,18,32H,4-7,12H2,1-3H3,(H,29,33)(H,27,30,34)/t16-,18+/m0/s1. The number of hydrogen-bond acceptors (Lipinski definition) is 5. The first-order chi connectivity index (χ1) is 16.3. The number of imidazole rings is 1. The van der Waals surface area contributed by atoms with E-state index in [9.17, 15) is 14.0 Å². The molecule has 1 aliphatic carbocycles. The lowest BCUT2D eigenvalue weighted by Crippen LogP contribution is -2.42. The van der Waals surface area contributed by atoms with E-state index in [0.717, 1.165) is 30.4 Å². The molecule has 1 fully saturated rings. The Morgan fingerprint density at radius 3 is 2.76 bits per heavy atom. The van der Waals surface area contributed by atoms with Gasteiger partial charge in [-0.3, -0.25) is 9.59 Å². The number of pyridine rings is 1. The summed E-state index contributed by atoms with van der Waals surface area (Å²) in [6.07, 6.45) is 6.13. The van der Waals surface area contributed by atoms with Gasteiger partial charge in [-0.2, -0.15) is 0 Å². The highest BCUT2D eigenvalue weighted by Crippen LogP contribution is 2.31. The molecule has 1 saturated carbocycles. The van der Waals surface area contributed by atoms with E-state index < -0.39 is 18.3 Å². The van der Waals surface area contributed by atoms with E-state index in [2.05, 4.69) is 20.6 Å². The normalized spacial score (nSPS) is 18.3. The predicted octanol–water partition coefficient (Wildman–Crippen LogP) is 3.73. The average Bonchev–Trinajstić information content (AvgIpc) is 3.25. The molecule has 9 heteroatoms. The summed E-state index contributed by atoms with van der Waals surface area (Å²) in [5.41, 5.74) is 3.37. The topological polar surface area (TPSA) is 109 Å². The van der Waals surface area contributed by atoms with Crippen LogP contribution in [0, 0.1) is 18.7 Å². The van der Waals surface area contributed by atoms with Gasteiger partial charge in [0.1, 0.15) is 17.9 Å². The first-order valence-corrected chi connectivity index (χ1v) is 11.6. The maximum atomic E-state index is 14.8. The van der Waals surface area contributed by atoms with E-state index >= 15 is 0 Å². The zero-order valence-electron chi connectivity index (χ0n) is 19.6. The second-order valence-electron chi connectivity index (χ2n) is 9.23. The van der Waals surface area contributed by atoms with Gasteiger partial charge in [0.15, 0.2) is 5.82 Å². The fourth-order valence-corrected chi connectivity index (χ4v) is 4.62. The predicted molar refractivity (Wildman–Crippen MR) is 128 cm³/mol. The van der Waals surface area contributed by atoms with E-state index in [4.69, 9.17) is 5.11 Å². The molecule has 0 unspecified atom stereocenters. The van der Waals surface area contributed by atoms with Gasteiger partial charge in [0.2, 0.25) is 11.8 Å². The van der Waals surface area contributed by atoms with Crippen LogP contribution in [0.3, 0.4) is 0 Å². The summed E-state index contributed by atoms with van der Waals surface area (Å²) in [5, 5.41) is 14.6. The molecule has 0 bridgehead atoms. The van der Waals surface area contributed by atoms with Crippen molar-refractivity contribution < 1.29 is 19.1 Å². The van der Waals surface area contributed by atoms with E-state index in [1.165, 1.54) is 6.07 Å². The molecule has 2 heterocycles. The van der Waals surface area contributed by atoms with E-state index in [1.54, 1.807) is 18.6 Å². The highest BCUT2D eigenvalue weighted by molar-refractivity contribution is 5.93. The zero-order chi connectivity index (χ0) is 24.4. The largest absolute Gasteiger partial charge is 0.387 e. The molecule has 2 atom stereocenters. The van der Waals surface area contributed by atoms with Gasteiger partial charge in [-0.25, -0.2) is 14.4 Å². The van der Waals surface area contributed by atoms with Crippen LogP contribution in [0.2, 0.25) is 0 Å². The van der Waals surface area contributed by atoms with Crippen molar-refractivity contribution >= 4 is 28.7 Å². The smallest absolute Gasteiger partial charge is 0.245 e. The van der Waals surface area contributed by atoms with E-state index in [0.29, 0.717) is 28.8 Å². The number of aryl methyl sites for hydroxylation is 1. The van der Waals surface area contributed by atoms with Crippen molar-refractivity contribution in [3.63, 3.8) is 0 Å². The first kappa shape index (κ1) is 23.8. The lowest BCUT2D eigenvalue weighted by atomic mass is 9.85. The summed E-state index contributed by atoms with van der Waals surface area (Å²) in [4.78, 5) is 33.0. The van der Waals surface area contributed by atoms with E-state index in [1.807, 2.05) is 31.4 Å². The third-order valence-electron chi connectivity index (χ3n) is 6.41. The van der Waals surface area contributed by atoms with Crippen LogP contribution in [0.1, 0.15) is 51.1 Å². The van der Waals surface area contributed by atoms with Gasteiger partial charge in [-0.1, -0.05) is 6.42 Å². The molecule has 2 amide bonds. The molecule has 8 nitrogen and oxygen atoms in total. The Morgan fingerprint density at radius 2 is 2.03 bits per heavy atom. The Morgan fingerprint density at radius 1 is 1.24 bits per heavy atom. The number of amides is 2. The van der Waals surface area contributed by atoms with Crippen molar-refractivity contribution in [2.45, 2.75) is 58.5 Å². The van der Waals surface area contributed by atoms with E-state index in [-0.39, 0.29) is 23.9 Å². The van der Waals surface area contributed by atoms with Gasteiger partial charge in [0.05, 0.1) is 11.8 Å². The molecule has 0 radical (unpaired) electrons. The minimum absolute atomic E-state index is 0.133. The summed E-state index contributed by atoms with van der Waals surface area (Å²) < 4.78 is 16.8. The van der Waals surface area contributed by atoms with Crippen LogP contribution in [0.25, 0.3) is 22.2 Å². The van der Waals surface area contributed by atoms with Crippen molar-refractivity contribution in [1.29, 1.82) is 0 Å². The third-order valence-corrected chi connectivity index (χ3v) is 6.41. The molecule has 1 aromatic carbocycles. The SMILES string of the molecule is Cc1cnc(NC(=O)[C@H]2CCC[C@@H](NC(=O)CO)C2)cc1-c1cc(F)c2ncn(C(C)C)c2c1. The van der Waals surface area contributed by atoms with Crippen LogP contribution in [0.5, 0.6) is 0 Å². The molecule has 180 valence electrons. The number of fused-ring (bicyclic) bond motifs is 1. The number of carbonyl (C=O) groups is 2. The van der Waals surface area contributed by atoms with Crippen LogP contribution < -0.4 is 10.6 Å². The number of rotatable bonds is 6. The molecule has 0 aliphatic heterocycles. The Bertz CT molecular complexity index is 1220. The first-order valence-electron chi connectivity index (χ1n) is 11.6. The number of nitrogens with one attached hydrogen (secondary N) is 2. The summed E-state index contributed by atoms with van der Waals surface area (Å²) in [6.45, 7) is 5.36. The molecule has 3 aromatic rings. The summed E-state index contributed by atoms with van der Waals surface area (Å²) in [5.74, 6) is -0.862. The fraction of sp³-hybridized carbons (Fsp3) is 0.440. The Labute approximate surface area is 197 Å². The molecule has 0 saturated heterocycles. The molecular weight excluding hydrogens is 437 g/mol. The molecule has 3 N–H and O–H groups in total. The van der Waals surface area contributed by atoms with Crippen LogP contribution in [0.15, 0.2) is 30.7 Å². The number of benzene rings is 1. The quantitative estimate of drug-likeness (QED) is 0.512. The highest BCUT2D eigenvalue weighted by Gasteiger charge is 2.28. The number of aliphatic hydroxyl groups is 1. The second kappa shape index (κ2) is 9.89. The highest BCUT2D eigenvalue weighted by atomic mass is 19.1. The number of aliphatic hydroxyl groups excluding tert-OH is 1. The number of carbonyl (C=O) groups excluding carboxylic acids is 2. The van der Waals surface area contributed by atoms with Crippen LogP contribution in [-0.4, -0.2) is 44.1 Å². The van der Waals surface area contributed by atoms with Crippen molar-refractivity contribution in [3.05, 3.63) is 42.1 Å². The summed E-state index contributed by atoms with van der Waals surface area (Å²) in [7, 11) is 0. The molecule has 1 aliphatic rings. The number of halogens is 1. The van der Waals surface area contributed by atoms with Crippen LogP contribution in [0.4, 0.5) is 10.2 Å². The lowest BCUT2D eigenvalue weighted by Gasteiger charge is -2.28. The number of anilines is 1. The van der Waals surface area contributed by atoms with Crippen molar-refractivity contribution in [2.24, 2.45) is 5.92 Å². The Kier molecular flexibility index (Phi) is 6.92. The van der Waals surface area contributed by atoms with Gasteiger partial charge in [-0.05, 0) is 74.9 Å². The Balaban J connectivity index is 1.56. The summed E-state index contributed by atoms with van der Waals surface area (Å²) in [6, 6.07) is 5.14. The van der Waals surface area contributed by atoms with Crippen molar-refractivity contribution in [1.82, 2.24) is 19.9 Å². The summed E-state index contributed by atoms with van der Waals surface area (Å²) >= 11 is 0. The lowest BCUT2D eigenvalue weighted by molar-refractivity contribution is -0.126. The van der Waals surface area contributed by atoms with Gasteiger partial charge in [-0.15, -0.1) is 0 Å². The van der Waals surface area contributed by atoms with Crippen LogP contribution >= 0.6 is 0 Å². The number of hydrogen-bond donors (Lipinski definition) is 3. The fourth-order valence-electron chi connectivity index (χ4n) is 4.62. The van der Waals surface area contributed by atoms with Crippen molar-refractivity contribution in [3.8, 4) is 11.1 Å². The minimum Gasteiger partial charge on any atom is -0.387 e. The molecule has 34 heavy (non-hydrogen) atoms. The van der Waals surface area contributed by atoms with Gasteiger partial charge in [0, 0.05) is 24.2 Å². The molecule has 0 spiro atoms. The molecule has 2 aromatic heterocycles. The van der Waals surface area contributed by atoms with Gasteiger partial charge < -0.3 is 20.3 Å². The molecular formula is C25H30FN5O3. The van der Waals surface area contributed by atoms with Crippen molar-refractivity contribution in [2.75, 3.05) is 11.9 Å². The minimum atomic E-state index is -0.562. The maximum Gasteiger partial charge on any atom is 0.245 e. The third kappa shape index (κ3) is 4.94. The number of aromatic nitrogens is 3. The van der Waals surface area contributed by atoms with Crippen LogP contribution in [-0.2, 0) is 9.59 Å².